The van der Waals surface area contributed by atoms with Crippen molar-refractivity contribution in [3.8, 4) is 6.07 Å². The van der Waals surface area contributed by atoms with E-state index in [0.717, 1.165) is 12.1 Å². The number of allylic oxidation sites excluding steroid dienone is 4. The molecule has 82 valence electrons. The number of rotatable bonds is 3. The van der Waals surface area contributed by atoms with Crippen LogP contribution in [-0.4, -0.2) is 11.9 Å². The molecule has 2 N–H and O–H groups in total. The number of nitrogens with two attached hydrogens (primary N) is 1. The van der Waals surface area contributed by atoms with Crippen LogP contribution in [0.15, 0.2) is 45.3 Å². The molecule has 0 spiro atoms. The Morgan fingerprint density at radius 3 is 2.94 bits per heavy atom. The lowest BCUT2D eigenvalue weighted by atomic mass is 10.1. The van der Waals surface area contributed by atoms with Crippen molar-refractivity contribution in [3.05, 3.63) is 35.3 Å². The zero-order chi connectivity index (χ0) is 12.0. The van der Waals surface area contributed by atoms with Gasteiger partial charge in [-0.3, -0.25) is 9.98 Å². The first-order valence-corrected chi connectivity index (χ1v) is 4.95. The lowest BCUT2D eigenvalue weighted by Crippen LogP contribution is -2.02. The van der Waals surface area contributed by atoms with Gasteiger partial charge in [-0.15, -0.1) is 0 Å². The van der Waals surface area contributed by atoms with Crippen LogP contribution in [0.2, 0.25) is 0 Å². The van der Waals surface area contributed by atoms with Crippen LogP contribution in [0.1, 0.15) is 20.3 Å². The fourth-order valence-corrected chi connectivity index (χ4v) is 1.31. The smallest absolute Gasteiger partial charge is 0.0933 e. The second-order valence-electron chi connectivity index (χ2n) is 3.42. The van der Waals surface area contributed by atoms with Crippen LogP contribution in [0.5, 0.6) is 0 Å². The molecule has 0 aromatic heterocycles. The molecule has 0 radical (unpaired) electrons. The Hall–Kier alpha value is -2.15. The largest absolute Gasteiger partial charge is 0.398 e. The average molecular weight is 214 g/mol. The predicted octanol–water partition coefficient (Wildman–Crippen LogP) is 2.08. The van der Waals surface area contributed by atoms with Crippen molar-refractivity contribution in [2.45, 2.75) is 20.3 Å². The minimum atomic E-state index is 0.385. The van der Waals surface area contributed by atoms with Crippen LogP contribution in [0.4, 0.5) is 0 Å². The Kier molecular flexibility index (Phi) is 4.22. The summed E-state index contributed by atoms with van der Waals surface area (Å²) >= 11 is 0. The molecule has 0 atom stereocenters. The first-order chi connectivity index (χ1) is 7.67. The molecule has 0 unspecified atom stereocenters. The van der Waals surface area contributed by atoms with Gasteiger partial charge in [-0.05, 0) is 25.5 Å². The lowest BCUT2D eigenvalue weighted by molar-refractivity contribution is 1.27. The second kappa shape index (κ2) is 5.66. The molecule has 4 heteroatoms. The first-order valence-electron chi connectivity index (χ1n) is 4.95. The predicted molar refractivity (Wildman–Crippen MR) is 65.9 cm³/mol. The summed E-state index contributed by atoms with van der Waals surface area (Å²) in [6, 6.07) is 1.88. The molecule has 1 aliphatic rings. The van der Waals surface area contributed by atoms with E-state index < -0.39 is 0 Å². The second-order valence-corrected chi connectivity index (χ2v) is 3.42. The number of nitrogens with zero attached hydrogens (tertiary/aromatic N) is 3. The van der Waals surface area contributed by atoms with Gasteiger partial charge in [0.05, 0.1) is 17.5 Å². The molecule has 0 fully saturated rings. The van der Waals surface area contributed by atoms with Crippen LogP contribution < -0.4 is 5.73 Å². The molecule has 16 heavy (non-hydrogen) atoms. The highest BCUT2D eigenvalue weighted by atomic mass is 14.8. The molecule has 1 rings (SSSR count). The molecular formula is C12H14N4. The molecule has 0 saturated heterocycles. The van der Waals surface area contributed by atoms with E-state index in [9.17, 15) is 0 Å². The fraction of sp³-hybridized carbons (Fsp3) is 0.250. The van der Waals surface area contributed by atoms with Gasteiger partial charge >= 0.3 is 0 Å². The van der Waals surface area contributed by atoms with E-state index in [1.807, 2.05) is 26.1 Å². The van der Waals surface area contributed by atoms with E-state index in [-0.39, 0.29) is 0 Å². The Labute approximate surface area is 95.2 Å². The number of hydrogen-bond acceptors (Lipinski definition) is 4. The third-order valence-corrected chi connectivity index (χ3v) is 1.99. The van der Waals surface area contributed by atoms with E-state index in [0.29, 0.717) is 11.4 Å². The summed E-state index contributed by atoms with van der Waals surface area (Å²) in [4.78, 5) is 8.46. The van der Waals surface area contributed by atoms with Crippen LogP contribution in [0.3, 0.4) is 0 Å². The normalized spacial score (nSPS) is 17.3. The highest BCUT2D eigenvalue weighted by Gasteiger charge is 2.11. The number of nitriles is 1. The molecule has 1 aliphatic heterocycles. The maximum absolute atomic E-state index is 8.47. The Balaban J connectivity index is 2.94. The molecular weight excluding hydrogens is 200 g/mol. The molecule has 1 heterocycles. The van der Waals surface area contributed by atoms with Gasteiger partial charge in [0.1, 0.15) is 0 Å². The van der Waals surface area contributed by atoms with Gasteiger partial charge in [0, 0.05) is 30.6 Å². The van der Waals surface area contributed by atoms with Crippen molar-refractivity contribution >= 4 is 11.9 Å². The van der Waals surface area contributed by atoms with Gasteiger partial charge in [0.2, 0.25) is 0 Å². The standard InChI is InChI=1S/C12H14N4/c1-3-15-12(7-10(14)4-5-13)11-6-9(2)8-16-11/h3-4,7-8H,6,14H2,1-2H3/b10-4-,12-7-,15-3-. The molecule has 0 aromatic rings. The van der Waals surface area contributed by atoms with E-state index in [4.69, 9.17) is 11.0 Å². The van der Waals surface area contributed by atoms with Crippen LogP contribution in [0, 0.1) is 11.3 Å². The van der Waals surface area contributed by atoms with Gasteiger partial charge in [-0.25, -0.2) is 0 Å². The molecule has 0 bridgehead atoms. The van der Waals surface area contributed by atoms with Crippen molar-refractivity contribution < 1.29 is 0 Å². The summed E-state index contributed by atoms with van der Waals surface area (Å²) in [6.45, 7) is 3.84. The Morgan fingerprint density at radius 1 is 1.69 bits per heavy atom. The third kappa shape index (κ3) is 3.21. The highest BCUT2D eigenvalue weighted by Crippen LogP contribution is 2.17. The monoisotopic (exact) mass is 214 g/mol. The Bertz CT molecular complexity index is 456. The fourth-order valence-electron chi connectivity index (χ4n) is 1.31. The van der Waals surface area contributed by atoms with Crippen molar-refractivity contribution in [3.63, 3.8) is 0 Å². The minimum absolute atomic E-state index is 0.385. The van der Waals surface area contributed by atoms with Gasteiger partial charge in [0.15, 0.2) is 0 Å². The quantitative estimate of drug-likeness (QED) is 0.443. The SMILES string of the molecule is C\C=N/C(=C\C(N)=C\C#N)C1=NC=C(C)C1. The Morgan fingerprint density at radius 2 is 2.44 bits per heavy atom. The van der Waals surface area contributed by atoms with Crippen LogP contribution in [0.25, 0.3) is 0 Å². The summed E-state index contributed by atoms with van der Waals surface area (Å²) in [5, 5.41) is 8.47. The van der Waals surface area contributed by atoms with E-state index >= 15 is 0 Å². The summed E-state index contributed by atoms with van der Waals surface area (Å²) in [5.74, 6) is 0. The van der Waals surface area contributed by atoms with Crippen molar-refractivity contribution in [1.29, 1.82) is 5.26 Å². The highest BCUT2D eigenvalue weighted by molar-refractivity contribution is 6.04. The molecule has 0 aliphatic carbocycles. The maximum Gasteiger partial charge on any atom is 0.0933 e. The summed E-state index contributed by atoms with van der Waals surface area (Å²) in [6.07, 6.45) is 7.22. The topological polar surface area (TPSA) is 74.5 Å². The zero-order valence-electron chi connectivity index (χ0n) is 9.44. The van der Waals surface area contributed by atoms with E-state index in [1.165, 1.54) is 11.6 Å². The van der Waals surface area contributed by atoms with Gasteiger partial charge in [0.25, 0.3) is 0 Å². The summed E-state index contributed by atoms with van der Waals surface area (Å²) in [5.41, 5.74) is 8.80. The van der Waals surface area contributed by atoms with Crippen LogP contribution >= 0.6 is 0 Å². The average Bonchev–Trinajstić information content (AvgIpc) is 2.64. The zero-order valence-corrected chi connectivity index (χ0v) is 9.44. The summed E-state index contributed by atoms with van der Waals surface area (Å²) in [7, 11) is 0. The van der Waals surface area contributed by atoms with Crippen LogP contribution in [-0.2, 0) is 0 Å². The van der Waals surface area contributed by atoms with Crippen molar-refractivity contribution in [2.24, 2.45) is 15.7 Å². The van der Waals surface area contributed by atoms with Crippen molar-refractivity contribution in [2.75, 3.05) is 0 Å². The number of aliphatic imine (C=N–C) groups is 2. The summed E-state index contributed by atoms with van der Waals surface area (Å²) < 4.78 is 0. The number of hydrogen-bond donors (Lipinski definition) is 1. The molecule has 0 saturated carbocycles. The maximum atomic E-state index is 8.47. The molecule has 0 aromatic carbocycles. The third-order valence-electron chi connectivity index (χ3n) is 1.99. The first kappa shape index (κ1) is 11.9. The molecule has 4 nitrogen and oxygen atoms in total. The van der Waals surface area contributed by atoms with Gasteiger partial charge in [-0.1, -0.05) is 0 Å². The van der Waals surface area contributed by atoms with Gasteiger partial charge in [-0.2, -0.15) is 5.26 Å². The van der Waals surface area contributed by atoms with E-state index in [2.05, 4.69) is 9.98 Å². The molecule has 0 amide bonds. The minimum Gasteiger partial charge on any atom is -0.398 e. The van der Waals surface area contributed by atoms with E-state index in [1.54, 1.807) is 12.3 Å². The lowest BCUT2D eigenvalue weighted by Gasteiger charge is -2.01. The van der Waals surface area contributed by atoms with Crippen molar-refractivity contribution in [1.82, 2.24) is 0 Å². The van der Waals surface area contributed by atoms with Gasteiger partial charge < -0.3 is 5.73 Å².